The van der Waals surface area contributed by atoms with E-state index in [-0.39, 0.29) is 18.4 Å². The normalized spacial score (nSPS) is 21.0. The molecule has 0 bridgehead atoms. The lowest BCUT2D eigenvalue weighted by atomic mass is 9.90. The molecule has 0 saturated carbocycles. The monoisotopic (exact) mass is 350 g/mol. The van der Waals surface area contributed by atoms with Crippen molar-refractivity contribution in [2.45, 2.75) is 58.0 Å². The highest BCUT2D eigenvalue weighted by Gasteiger charge is 2.32. The van der Waals surface area contributed by atoms with E-state index in [4.69, 9.17) is 15.2 Å². The number of rotatable bonds is 4. The van der Waals surface area contributed by atoms with Gasteiger partial charge in [0.25, 0.3) is 0 Å². The van der Waals surface area contributed by atoms with E-state index in [1.807, 2.05) is 38.3 Å². The van der Waals surface area contributed by atoms with E-state index < -0.39 is 17.0 Å². The van der Waals surface area contributed by atoms with E-state index in [1.54, 1.807) is 6.07 Å². The molecule has 25 heavy (non-hydrogen) atoms. The van der Waals surface area contributed by atoms with E-state index in [2.05, 4.69) is 0 Å². The number of nitrogens with zero attached hydrogens (tertiary/aromatic N) is 1. The molecule has 3 rings (SSSR count). The van der Waals surface area contributed by atoms with Gasteiger partial charge >= 0.3 is 0 Å². The quantitative estimate of drug-likeness (QED) is 0.831. The van der Waals surface area contributed by atoms with Gasteiger partial charge in [-0.3, -0.25) is 0 Å². The molecule has 1 unspecified atom stereocenters. The maximum Gasteiger partial charge on any atom is 0.163 e. The summed E-state index contributed by atoms with van der Waals surface area (Å²) in [7, 11) is 0. The minimum Gasteiger partial charge on any atom is -0.396 e. The molecule has 1 aromatic heterocycles. The second-order valence-corrected chi connectivity index (χ2v) is 7.89. The smallest absolute Gasteiger partial charge is 0.163 e. The number of aromatic nitrogens is 1. The number of benzene rings is 1. The largest absolute Gasteiger partial charge is 0.396 e. The summed E-state index contributed by atoms with van der Waals surface area (Å²) in [4.78, 5) is 0. The molecule has 5 nitrogen and oxygen atoms in total. The predicted octanol–water partition coefficient (Wildman–Crippen LogP) is 3.17. The summed E-state index contributed by atoms with van der Waals surface area (Å²) in [6, 6.07) is 5.09. The maximum atomic E-state index is 14.1. The van der Waals surface area contributed by atoms with Gasteiger partial charge in [0.2, 0.25) is 0 Å². The van der Waals surface area contributed by atoms with Crippen LogP contribution >= 0.6 is 0 Å². The van der Waals surface area contributed by atoms with Crippen molar-refractivity contribution in [1.29, 1.82) is 0 Å². The van der Waals surface area contributed by atoms with E-state index in [1.165, 1.54) is 6.07 Å². The lowest BCUT2D eigenvalue weighted by Crippen LogP contribution is -2.42. The number of aliphatic hydroxyl groups is 1. The third kappa shape index (κ3) is 3.52. The first kappa shape index (κ1) is 18.2. The Morgan fingerprint density at radius 2 is 2.08 bits per heavy atom. The van der Waals surface area contributed by atoms with Crippen LogP contribution in [-0.2, 0) is 21.4 Å². The van der Waals surface area contributed by atoms with Crippen molar-refractivity contribution in [2.24, 2.45) is 0 Å². The standard InChI is InChI=1S/C19H27FN2O3/c1-18(2,11-23)17-8-12-7-15(21)14(20)9-16(12)22(17)10-13-5-6-24-19(3,4)25-13/h7-9,13,23H,5-6,10-11,21H2,1-4H3. The third-order valence-corrected chi connectivity index (χ3v) is 4.83. The molecule has 2 aromatic rings. The molecule has 3 N–H and O–H groups in total. The number of halogens is 1. The molecule has 6 heteroatoms. The number of anilines is 1. The Morgan fingerprint density at radius 3 is 2.72 bits per heavy atom. The first-order valence-electron chi connectivity index (χ1n) is 8.64. The Hall–Kier alpha value is -1.63. The summed E-state index contributed by atoms with van der Waals surface area (Å²) in [6.07, 6.45) is 0.715. The zero-order valence-electron chi connectivity index (χ0n) is 15.3. The van der Waals surface area contributed by atoms with Crippen molar-refractivity contribution < 1.29 is 19.0 Å². The number of aliphatic hydroxyl groups excluding tert-OH is 1. The molecule has 1 aromatic carbocycles. The lowest BCUT2D eigenvalue weighted by molar-refractivity contribution is -0.275. The van der Waals surface area contributed by atoms with Crippen molar-refractivity contribution >= 4 is 16.6 Å². The number of ether oxygens (including phenoxy) is 2. The molecule has 1 atom stereocenters. The Bertz CT molecular complexity index is 783. The fourth-order valence-corrected chi connectivity index (χ4v) is 3.40. The summed E-state index contributed by atoms with van der Waals surface area (Å²) in [6.45, 7) is 8.90. The molecule has 0 spiro atoms. The second-order valence-electron chi connectivity index (χ2n) is 7.89. The number of hydrogen-bond acceptors (Lipinski definition) is 4. The van der Waals surface area contributed by atoms with Gasteiger partial charge < -0.3 is 24.9 Å². The molecular formula is C19H27FN2O3. The van der Waals surface area contributed by atoms with Crippen molar-refractivity contribution in [1.82, 2.24) is 4.57 Å². The summed E-state index contributed by atoms with van der Waals surface area (Å²) in [5.74, 6) is -1.07. The van der Waals surface area contributed by atoms with Crippen LogP contribution in [0.3, 0.4) is 0 Å². The summed E-state index contributed by atoms with van der Waals surface area (Å²) < 4.78 is 27.8. The van der Waals surface area contributed by atoms with Gasteiger partial charge in [-0.15, -0.1) is 0 Å². The fourth-order valence-electron chi connectivity index (χ4n) is 3.40. The van der Waals surface area contributed by atoms with Gasteiger partial charge in [-0.1, -0.05) is 13.8 Å². The van der Waals surface area contributed by atoms with Gasteiger partial charge in [-0.05, 0) is 32.4 Å². The van der Waals surface area contributed by atoms with Gasteiger partial charge in [0.1, 0.15) is 5.82 Å². The first-order valence-corrected chi connectivity index (χ1v) is 8.64. The zero-order chi connectivity index (χ0) is 18.4. The van der Waals surface area contributed by atoms with Crippen molar-refractivity contribution in [2.75, 3.05) is 18.9 Å². The number of fused-ring (bicyclic) bond motifs is 1. The van der Waals surface area contributed by atoms with Crippen molar-refractivity contribution in [3.63, 3.8) is 0 Å². The highest BCUT2D eigenvalue weighted by molar-refractivity contribution is 5.85. The van der Waals surface area contributed by atoms with Crippen LogP contribution in [0, 0.1) is 5.82 Å². The highest BCUT2D eigenvalue weighted by Crippen LogP contribution is 2.33. The zero-order valence-corrected chi connectivity index (χ0v) is 15.3. The minimum absolute atomic E-state index is 0.0125. The first-order chi connectivity index (χ1) is 11.6. The predicted molar refractivity (Wildman–Crippen MR) is 95.9 cm³/mol. The lowest BCUT2D eigenvalue weighted by Gasteiger charge is -2.37. The SMILES string of the molecule is CC1(C)OCCC(Cn2c(C(C)(C)CO)cc3cc(N)c(F)cc32)O1. The van der Waals surface area contributed by atoms with Crippen LogP contribution in [0.2, 0.25) is 0 Å². The molecular weight excluding hydrogens is 323 g/mol. The molecule has 0 amide bonds. The molecule has 138 valence electrons. The van der Waals surface area contributed by atoms with Crippen LogP contribution in [0.5, 0.6) is 0 Å². The molecule has 1 aliphatic rings. The van der Waals surface area contributed by atoms with Gasteiger partial charge in [0.05, 0.1) is 30.5 Å². The Morgan fingerprint density at radius 1 is 1.36 bits per heavy atom. The fraction of sp³-hybridized carbons (Fsp3) is 0.579. The summed E-state index contributed by atoms with van der Waals surface area (Å²) in [5, 5.41) is 10.7. The van der Waals surface area contributed by atoms with Crippen LogP contribution in [0.1, 0.15) is 39.8 Å². The second kappa shape index (κ2) is 6.27. The molecule has 0 radical (unpaired) electrons. The van der Waals surface area contributed by atoms with E-state index in [9.17, 15) is 9.50 Å². The molecule has 1 fully saturated rings. The average molecular weight is 350 g/mol. The Labute approximate surface area is 147 Å². The van der Waals surface area contributed by atoms with E-state index in [0.29, 0.717) is 13.2 Å². The van der Waals surface area contributed by atoms with Crippen molar-refractivity contribution in [3.05, 3.63) is 29.7 Å². The van der Waals surface area contributed by atoms with E-state index in [0.717, 1.165) is 23.0 Å². The Kier molecular flexibility index (Phi) is 4.56. The van der Waals surface area contributed by atoms with Crippen LogP contribution in [0.4, 0.5) is 10.1 Å². The maximum absolute atomic E-state index is 14.1. The van der Waals surface area contributed by atoms with E-state index >= 15 is 0 Å². The van der Waals surface area contributed by atoms with Crippen LogP contribution in [0.15, 0.2) is 18.2 Å². The minimum atomic E-state index is -0.631. The number of hydrogen-bond donors (Lipinski definition) is 2. The topological polar surface area (TPSA) is 69.6 Å². The van der Waals surface area contributed by atoms with Crippen LogP contribution in [0.25, 0.3) is 10.9 Å². The number of nitrogens with two attached hydrogens (primary N) is 1. The molecule has 1 aliphatic heterocycles. The van der Waals surface area contributed by atoms with Gasteiger partial charge in [-0.2, -0.15) is 0 Å². The van der Waals surface area contributed by atoms with Gasteiger partial charge in [-0.25, -0.2) is 4.39 Å². The van der Waals surface area contributed by atoms with Gasteiger partial charge in [0.15, 0.2) is 5.79 Å². The number of nitrogen functional groups attached to an aromatic ring is 1. The van der Waals surface area contributed by atoms with Crippen molar-refractivity contribution in [3.8, 4) is 0 Å². The highest BCUT2D eigenvalue weighted by atomic mass is 19.1. The Balaban J connectivity index is 2.07. The third-order valence-electron chi connectivity index (χ3n) is 4.83. The molecule has 1 saturated heterocycles. The average Bonchev–Trinajstić information content (AvgIpc) is 2.85. The summed E-state index contributed by atoms with van der Waals surface area (Å²) >= 11 is 0. The summed E-state index contributed by atoms with van der Waals surface area (Å²) in [5.41, 5.74) is 7.08. The molecule has 2 heterocycles. The van der Waals surface area contributed by atoms with Crippen LogP contribution < -0.4 is 5.73 Å². The van der Waals surface area contributed by atoms with Gasteiger partial charge in [0, 0.05) is 29.1 Å². The molecule has 0 aliphatic carbocycles. The van der Waals surface area contributed by atoms with Crippen LogP contribution in [-0.4, -0.2) is 34.8 Å².